The van der Waals surface area contributed by atoms with Crippen molar-refractivity contribution < 1.29 is 19.4 Å². The molecule has 0 aromatic rings. The molecule has 1 N–H and O–H groups in total. The quantitative estimate of drug-likeness (QED) is 0.265. The maximum Gasteiger partial charge on any atom is 0.333 e. The molecule has 0 aromatic heterocycles. The number of rotatable bonds is 16. The summed E-state index contributed by atoms with van der Waals surface area (Å²) in [6.45, 7) is 4.57. The van der Waals surface area contributed by atoms with Crippen molar-refractivity contribution in [2.75, 3.05) is 13.3 Å². The fourth-order valence-electron chi connectivity index (χ4n) is 3.44. The standard InChI is InChI=1S/C23H39NO4/c1-3-5-6-7-8-9-10-11-12-13-14-15-22(25)28-19-24-17-16-20(4-2)21(18-24)23(26)27/h16-17H,3-15,18-19H2,1-2H3,(H,26,27). The molecule has 0 bridgehead atoms. The smallest absolute Gasteiger partial charge is 0.333 e. The third-order valence-corrected chi connectivity index (χ3v) is 5.25. The largest absolute Gasteiger partial charge is 0.478 e. The van der Waals surface area contributed by atoms with Crippen LogP contribution in [0.1, 0.15) is 97.3 Å². The van der Waals surface area contributed by atoms with Crippen LogP contribution in [-0.4, -0.2) is 35.2 Å². The van der Waals surface area contributed by atoms with Crippen molar-refractivity contribution in [1.82, 2.24) is 4.90 Å². The van der Waals surface area contributed by atoms with Crippen LogP contribution in [0.3, 0.4) is 0 Å². The van der Waals surface area contributed by atoms with Crippen molar-refractivity contribution in [1.29, 1.82) is 0 Å². The first-order valence-electron chi connectivity index (χ1n) is 11.1. The molecular weight excluding hydrogens is 354 g/mol. The van der Waals surface area contributed by atoms with Gasteiger partial charge in [0.2, 0.25) is 0 Å². The molecule has 28 heavy (non-hydrogen) atoms. The average Bonchev–Trinajstić information content (AvgIpc) is 2.70. The molecule has 0 atom stereocenters. The number of carboxylic acids is 1. The normalized spacial score (nSPS) is 13.9. The van der Waals surface area contributed by atoms with E-state index in [2.05, 4.69) is 6.92 Å². The Hall–Kier alpha value is -1.78. The van der Waals surface area contributed by atoms with Crippen LogP contribution in [-0.2, 0) is 14.3 Å². The highest BCUT2D eigenvalue weighted by Crippen LogP contribution is 2.18. The minimum atomic E-state index is -0.904. The van der Waals surface area contributed by atoms with E-state index in [0.29, 0.717) is 18.4 Å². The number of esters is 1. The lowest BCUT2D eigenvalue weighted by molar-refractivity contribution is -0.147. The zero-order chi connectivity index (χ0) is 20.6. The summed E-state index contributed by atoms with van der Waals surface area (Å²) in [5.74, 6) is -1.11. The third kappa shape index (κ3) is 10.5. The number of carboxylic acid groups (broad SMARTS) is 1. The first-order chi connectivity index (χ1) is 13.6. The minimum absolute atomic E-state index is 0.112. The van der Waals surface area contributed by atoms with E-state index in [4.69, 9.17) is 4.74 Å². The Balaban J connectivity index is 2.02. The number of hydrogen-bond donors (Lipinski definition) is 1. The number of aliphatic carboxylic acids is 1. The first kappa shape index (κ1) is 24.3. The molecule has 1 rings (SSSR count). The van der Waals surface area contributed by atoms with Gasteiger partial charge in [0, 0.05) is 12.6 Å². The molecule has 0 spiro atoms. The van der Waals surface area contributed by atoms with Crippen LogP contribution in [0.25, 0.3) is 0 Å². The summed E-state index contributed by atoms with van der Waals surface area (Å²) >= 11 is 0. The molecule has 0 radical (unpaired) electrons. The molecule has 160 valence electrons. The van der Waals surface area contributed by atoms with Gasteiger partial charge < -0.3 is 14.7 Å². The van der Waals surface area contributed by atoms with E-state index in [1.54, 1.807) is 17.2 Å². The van der Waals surface area contributed by atoms with E-state index in [1.165, 1.54) is 57.8 Å². The van der Waals surface area contributed by atoms with Crippen molar-refractivity contribution in [2.45, 2.75) is 97.3 Å². The summed E-state index contributed by atoms with van der Waals surface area (Å²) in [5, 5.41) is 9.28. The van der Waals surface area contributed by atoms with E-state index < -0.39 is 5.97 Å². The van der Waals surface area contributed by atoms with E-state index in [1.807, 2.05) is 6.92 Å². The van der Waals surface area contributed by atoms with E-state index >= 15 is 0 Å². The Morgan fingerprint density at radius 3 is 2.07 bits per heavy atom. The van der Waals surface area contributed by atoms with Crippen LogP contribution in [0.2, 0.25) is 0 Å². The highest BCUT2D eigenvalue weighted by molar-refractivity contribution is 5.89. The fraction of sp³-hybridized carbons (Fsp3) is 0.739. The van der Waals surface area contributed by atoms with Crippen molar-refractivity contribution >= 4 is 11.9 Å². The lowest BCUT2D eigenvalue weighted by Gasteiger charge is -2.25. The predicted octanol–water partition coefficient (Wildman–Crippen LogP) is 5.81. The van der Waals surface area contributed by atoms with Gasteiger partial charge in [-0.2, -0.15) is 0 Å². The summed E-state index contributed by atoms with van der Waals surface area (Å²) in [4.78, 5) is 24.9. The molecule has 5 nitrogen and oxygen atoms in total. The average molecular weight is 394 g/mol. The first-order valence-corrected chi connectivity index (χ1v) is 11.1. The van der Waals surface area contributed by atoms with Crippen LogP contribution in [0.4, 0.5) is 0 Å². The summed E-state index contributed by atoms with van der Waals surface area (Å²) in [7, 11) is 0. The fourth-order valence-corrected chi connectivity index (χ4v) is 3.44. The second-order valence-corrected chi connectivity index (χ2v) is 7.66. The molecular formula is C23H39NO4. The molecule has 0 amide bonds. The van der Waals surface area contributed by atoms with Gasteiger partial charge in [0.15, 0.2) is 6.73 Å². The molecule has 0 unspecified atom stereocenters. The maximum absolute atomic E-state index is 11.9. The van der Waals surface area contributed by atoms with Gasteiger partial charge in [0.25, 0.3) is 0 Å². The SMILES string of the molecule is CCCCCCCCCCCCCC(=O)OCN1C=CC(CC)=C(C(=O)O)C1. The number of hydrogen-bond acceptors (Lipinski definition) is 4. The number of allylic oxidation sites excluding steroid dienone is 2. The van der Waals surface area contributed by atoms with Crippen LogP contribution in [0, 0.1) is 0 Å². The van der Waals surface area contributed by atoms with Gasteiger partial charge in [-0.25, -0.2) is 4.79 Å². The molecule has 1 heterocycles. The second-order valence-electron chi connectivity index (χ2n) is 7.66. The van der Waals surface area contributed by atoms with Crippen molar-refractivity contribution in [3.8, 4) is 0 Å². The zero-order valence-electron chi connectivity index (χ0n) is 17.9. The maximum atomic E-state index is 11.9. The number of carbonyl (C=O) groups is 2. The number of unbranched alkanes of at least 4 members (excludes halogenated alkanes) is 10. The van der Waals surface area contributed by atoms with Gasteiger partial charge in [-0.1, -0.05) is 78.1 Å². The second kappa shape index (κ2) is 15.2. The van der Waals surface area contributed by atoms with Gasteiger partial charge in [0.05, 0.1) is 12.1 Å². The van der Waals surface area contributed by atoms with Gasteiger partial charge in [-0.05, 0) is 24.5 Å². The molecule has 0 fully saturated rings. The predicted molar refractivity (Wildman–Crippen MR) is 113 cm³/mol. The molecule has 5 heteroatoms. The Bertz CT molecular complexity index is 525. The van der Waals surface area contributed by atoms with E-state index in [0.717, 1.165) is 18.4 Å². The van der Waals surface area contributed by atoms with E-state index in [9.17, 15) is 14.7 Å². The van der Waals surface area contributed by atoms with Crippen LogP contribution >= 0.6 is 0 Å². The summed E-state index contributed by atoms with van der Waals surface area (Å²) in [6, 6.07) is 0. The summed E-state index contributed by atoms with van der Waals surface area (Å²) in [6.07, 6.45) is 18.5. The summed E-state index contributed by atoms with van der Waals surface area (Å²) in [5.41, 5.74) is 1.21. The highest BCUT2D eigenvalue weighted by atomic mass is 16.5. The van der Waals surface area contributed by atoms with Gasteiger partial charge in [0.1, 0.15) is 0 Å². The molecule has 0 saturated carbocycles. The number of carbonyl (C=O) groups excluding carboxylic acids is 1. The number of nitrogens with zero attached hydrogens (tertiary/aromatic N) is 1. The van der Waals surface area contributed by atoms with Gasteiger partial charge >= 0.3 is 11.9 Å². The lowest BCUT2D eigenvalue weighted by atomic mass is 10.0. The van der Waals surface area contributed by atoms with Crippen LogP contribution < -0.4 is 0 Å². The molecule has 1 aliphatic heterocycles. The molecule has 0 aliphatic carbocycles. The Morgan fingerprint density at radius 2 is 1.54 bits per heavy atom. The molecule has 0 saturated heterocycles. The zero-order valence-corrected chi connectivity index (χ0v) is 17.9. The number of ether oxygens (including phenoxy) is 1. The van der Waals surface area contributed by atoms with Gasteiger partial charge in [-0.3, -0.25) is 4.79 Å². The van der Waals surface area contributed by atoms with Crippen LogP contribution in [0.15, 0.2) is 23.4 Å². The van der Waals surface area contributed by atoms with Crippen molar-refractivity contribution in [3.05, 3.63) is 23.4 Å². The van der Waals surface area contributed by atoms with Crippen molar-refractivity contribution in [2.24, 2.45) is 0 Å². The highest BCUT2D eigenvalue weighted by Gasteiger charge is 2.19. The van der Waals surface area contributed by atoms with Gasteiger partial charge in [-0.15, -0.1) is 0 Å². The lowest BCUT2D eigenvalue weighted by Crippen LogP contribution is -2.30. The Kier molecular flexibility index (Phi) is 13.2. The third-order valence-electron chi connectivity index (χ3n) is 5.25. The summed E-state index contributed by atoms with van der Waals surface area (Å²) < 4.78 is 5.29. The Labute approximate surface area is 170 Å². The Morgan fingerprint density at radius 1 is 0.964 bits per heavy atom. The minimum Gasteiger partial charge on any atom is -0.478 e. The van der Waals surface area contributed by atoms with Crippen molar-refractivity contribution in [3.63, 3.8) is 0 Å². The van der Waals surface area contributed by atoms with Crippen LogP contribution in [0.5, 0.6) is 0 Å². The molecule has 0 aromatic carbocycles. The topological polar surface area (TPSA) is 66.8 Å². The van der Waals surface area contributed by atoms with E-state index in [-0.39, 0.29) is 19.2 Å². The monoisotopic (exact) mass is 393 g/mol. The molecule has 1 aliphatic rings.